The second kappa shape index (κ2) is 5.27. The molecule has 0 aliphatic carbocycles. The molecule has 1 aliphatic heterocycles. The van der Waals surface area contributed by atoms with Crippen LogP contribution in [0.25, 0.3) is 0 Å². The van der Waals surface area contributed by atoms with E-state index in [-0.39, 0.29) is 11.8 Å². The third kappa shape index (κ3) is 2.73. The number of carbonyl (C=O) groups is 1. The standard InChI is InChI=1S/C13H18N2O3/c1-9-8-12(16)10(2)7-11(9)14-13(17)15-3-5-18-6-4-15/h7-8,16H,3-6H2,1-2H3,(H,14,17). The lowest BCUT2D eigenvalue weighted by Gasteiger charge is -2.27. The van der Waals surface area contributed by atoms with Gasteiger partial charge in [-0.1, -0.05) is 0 Å². The topological polar surface area (TPSA) is 61.8 Å². The Morgan fingerprint density at radius 1 is 1.28 bits per heavy atom. The Morgan fingerprint density at radius 2 is 1.94 bits per heavy atom. The maximum atomic E-state index is 12.0. The molecular weight excluding hydrogens is 232 g/mol. The van der Waals surface area contributed by atoms with E-state index in [4.69, 9.17) is 4.74 Å². The smallest absolute Gasteiger partial charge is 0.322 e. The van der Waals surface area contributed by atoms with Crippen LogP contribution in [-0.2, 0) is 4.74 Å². The Morgan fingerprint density at radius 3 is 2.61 bits per heavy atom. The van der Waals surface area contributed by atoms with Crippen LogP contribution in [0.5, 0.6) is 5.75 Å². The highest BCUT2D eigenvalue weighted by atomic mass is 16.5. The molecule has 2 amide bonds. The van der Waals surface area contributed by atoms with Gasteiger partial charge in [0.1, 0.15) is 5.75 Å². The number of urea groups is 1. The fourth-order valence-electron chi connectivity index (χ4n) is 1.90. The second-order valence-electron chi connectivity index (χ2n) is 4.48. The summed E-state index contributed by atoms with van der Waals surface area (Å²) in [5.41, 5.74) is 2.33. The number of aromatic hydroxyl groups is 1. The fraction of sp³-hybridized carbons (Fsp3) is 0.462. The minimum Gasteiger partial charge on any atom is -0.508 e. The Balaban J connectivity index is 2.08. The molecule has 2 N–H and O–H groups in total. The first-order chi connectivity index (χ1) is 8.58. The third-order valence-electron chi connectivity index (χ3n) is 3.08. The monoisotopic (exact) mass is 250 g/mol. The van der Waals surface area contributed by atoms with Gasteiger partial charge in [0, 0.05) is 18.8 Å². The molecule has 1 aliphatic rings. The molecule has 0 atom stereocenters. The molecule has 1 saturated heterocycles. The van der Waals surface area contributed by atoms with Crippen molar-refractivity contribution in [2.24, 2.45) is 0 Å². The Bertz CT molecular complexity index is 454. The normalized spacial score (nSPS) is 15.6. The van der Waals surface area contributed by atoms with Crippen molar-refractivity contribution in [2.75, 3.05) is 31.6 Å². The summed E-state index contributed by atoms with van der Waals surface area (Å²) in [6, 6.07) is 3.32. The number of amides is 2. The van der Waals surface area contributed by atoms with Gasteiger partial charge in [0.2, 0.25) is 0 Å². The van der Waals surface area contributed by atoms with E-state index in [1.807, 2.05) is 6.92 Å². The minimum absolute atomic E-state index is 0.119. The number of nitrogens with one attached hydrogen (secondary N) is 1. The molecule has 5 heteroatoms. The molecule has 18 heavy (non-hydrogen) atoms. The first-order valence-corrected chi connectivity index (χ1v) is 6.02. The van der Waals surface area contributed by atoms with Gasteiger partial charge in [-0.3, -0.25) is 0 Å². The first-order valence-electron chi connectivity index (χ1n) is 6.02. The molecule has 2 rings (SSSR count). The summed E-state index contributed by atoms with van der Waals surface area (Å²) in [4.78, 5) is 13.7. The number of hydrogen-bond acceptors (Lipinski definition) is 3. The highest BCUT2D eigenvalue weighted by molar-refractivity contribution is 5.90. The predicted octanol–water partition coefficient (Wildman–Crippen LogP) is 1.87. The van der Waals surface area contributed by atoms with Crippen LogP contribution in [-0.4, -0.2) is 42.3 Å². The van der Waals surface area contributed by atoms with Crippen molar-refractivity contribution < 1.29 is 14.6 Å². The van der Waals surface area contributed by atoms with E-state index in [0.29, 0.717) is 26.3 Å². The average molecular weight is 250 g/mol. The van der Waals surface area contributed by atoms with Crippen LogP contribution in [0.4, 0.5) is 10.5 Å². The molecule has 0 saturated carbocycles. The van der Waals surface area contributed by atoms with Gasteiger partial charge in [-0.2, -0.15) is 0 Å². The van der Waals surface area contributed by atoms with Gasteiger partial charge < -0.3 is 20.1 Å². The highest BCUT2D eigenvalue weighted by Crippen LogP contribution is 2.25. The number of phenolic OH excluding ortho intramolecular Hbond substituents is 1. The van der Waals surface area contributed by atoms with Gasteiger partial charge in [-0.15, -0.1) is 0 Å². The molecule has 5 nitrogen and oxygen atoms in total. The summed E-state index contributed by atoms with van der Waals surface area (Å²) < 4.78 is 5.20. The fourth-order valence-corrected chi connectivity index (χ4v) is 1.90. The molecule has 0 radical (unpaired) electrons. The summed E-state index contributed by atoms with van der Waals surface area (Å²) in [5, 5.41) is 12.4. The Hall–Kier alpha value is -1.75. The van der Waals surface area contributed by atoms with Crippen LogP contribution in [0.1, 0.15) is 11.1 Å². The van der Waals surface area contributed by atoms with Gasteiger partial charge in [-0.25, -0.2) is 4.79 Å². The van der Waals surface area contributed by atoms with E-state index >= 15 is 0 Å². The predicted molar refractivity (Wildman–Crippen MR) is 69.0 cm³/mol. The number of rotatable bonds is 1. The summed E-state index contributed by atoms with van der Waals surface area (Å²) >= 11 is 0. The van der Waals surface area contributed by atoms with Crippen molar-refractivity contribution in [2.45, 2.75) is 13.8 Å². The molecule has 1 aromatic rings. The SMILES string of the molecule is Cc1cc(NC(=O)N2CCOCC2)c(C)cc1O. The zero-order valence-electron chi connectivity index (χ0n) is 10.7. The van der Waals surface area contributed by atoms with E-state index in [1.54, 1.807) is 24.0 Å². The lowest BCUT2D eigenvalue weighted by molar-refractivity contribution is 0.0564. The van der Waals surface area contributed by atoms with E-state index in [1.165, 1.54) is 0 Å². The Kier molecular flexibility index (Phi) is 3.72. The van der Waals surface area contributed by atoms with Gasteiger partial charge in [0.25, 0.3) is 0 Å². The maximum Gasteiger partial charge on any atom is 0.322 e. The molecule has 1 fully saturated rings. The minimum atomic E-state index is -0.119. The van der Waals surface area contributed by atoms with Gasteiger partial charge in [-0.05, 0) is 37.1 Å². The van der Waals surface area contributed by atoms with Crippen LogP contribution < -0.4 is 5.32 Å². The molecule has 0 aromatic heterocycles. The summed E-state index contributed by atoms with van der Waals surface area (Å²) in [6.07, 6.45) is 0. The number of benzene rings is 1. The van der Waals surface area contributed by atoms with Crippen molar-refractivity contribution >= 4 is 11.7 Å². The van der Waals surface area contributed by atoms with Crippen molar-refractivity contribution in [3.63, 3.8) is 0 Å². The van der Waals surface area contributed by atoms with Crippen molar-refractivity contribution in [3.05, 3.63) is 23.3 Å². The summed E-state index contributed by atoms with van der Waals surface area (Å²) in [7, 11) is 0. The zero-order valence-corrected chi connectivity index (χ0v) is 10.7. The van der Waals surface area contributed by atoms with Crippen molar-refractivity contribution in [1.82, 2.24) is 4.90 Å². The summed E-state index contributed by atoms with van der Waals surface area (Å²) in [5.74, 6) is 0.247. The van der Waals surface area contributed by atoms with Crippen molar-refractivity contribution in [3.8, 4) is 5.75 Å². The van der Waals surface area contributed by atoms with Gasteiger partial charge in [0.05, 0.1) is 13.2 Å². The molecule has 0 unspecified atom stereocenters. The number of anilines is 1. The second-order valence-corrected chi connectivity index (χ2v) is 4.48. The van der Waals surface area contributed by atoms with Crippen LogP contribution in [0, 0.1) is 13.8 Å². The molecule has 0 spiro atoms. The number of ether oxygens (including phenoxy) is 1. The molecule has 98 valence electrons. The molecule has 1 heterocycles. The summed E-state index contributed by atoms with van der Waals surface area (Å²) in [6.45, 7) is 6.05. The van der Waals surface area contributed by atoms with Gasteiger partial charge >= 0.3 is 6.03 Å². The number of nitrogens with zero attached hydrogens (tertiary/aromatic N) is 1. The van der Waals surface area contributed by atoms with Gasteiger partial charge in [0.15, 0.2) is 0 Å². The molecule has 1 aromatic carbocycles. The zero-order chi connectivity index (χ0) is 13.1. The van der Waals surface area contributed by atoms with Crippen LogP contribution in [0.2, 0.25) is 0 Å². The highest BCUT2D eigenvalue weighted by Gasteiger charge is 2.17. The van der Waals surface area contributed by atoms with E-state index in [9.17, 15) is 9.90 Å². The average Bonchev–Trinajstić information content (AvgIpc) is 2.37. The van der Waals surface area contributed by atoms with Crippen LogP contribution in [0.15, 0.2) is 12.1 Å². The van der Waals surface area contributed by atoms with E-state index in [0.717, 1.165) is 16.8 Å². The maximum absolute atomic E-state index is 12.0. The van der Waals surface area contributed by atoms with Crippen LogP contribution in [0.3, 0.4) is 0 Å². The number of carbonyl (C=O) groups excluding carboxylic acids is 1. The number of hydrogen-bond donors (Lipinski definition) is 2. The largest absolute Gasteiger partial charge is 0.508 e. The lowest BCUT2D eigenvalue weighted by Crippen LogP contribution is -2.43. The number of phenols is 1. The molecular formula is C13H18N2O3. The van der Waals surface area contributed by atoms with Crippen LogP contribution >= 0.6 is 0 Å². The van der Waals surface area contributed by atoms with Crippen molar-refractivity contribution in [1.29, 1.82) is 0 Å². The lowest BCUT2D eigenvalue weighted by atomic mass is 10.1. The number of morpholine rings is 1. The first kappa shape index (κ1) is 12.7. The Labute approximate surface area is 106 Å². The third-order valence-corrected chi connectivity index (χ3v) is 3.08. The quantitative estimate of drug-likeness (QED) is 0.748. The molecule has 0 bridgehead atoms. The van der Waals surface area contributed by atoms with E-state index in [2.05, 4.69) is 5.32 Å². The number of aryl methyl sites for hydroxylation is 2. The van der Waals surface area contributed by atoms with E-state index < -0.39 is 0 Å².